The smallest absolute Gasteiger partial charge is 0.0458 e. The van der Waals surface area contributed by atoms with E-state index in [-0.39, 0.29) is 0 Å². The molecule has 3 aromatic rings. The Labute approximate surface area is 138 Å². The Hall–Kier alpha value is -1.51. The molecule has 0 aliphatic carbocycles. The summed E-state index contributed by atoms with van der Waals surface area (Å²) in [5.74, 6) is 0. The Balaban J connectivity index is 1.90. The first kappa shape index (κ1) is 14.4. The number of anilines is 1. The minimum atomic E-state index is 0.713. The number of rotatable bonds is 3. The summed E-state index contributed by atoms with van der Waals surface area (Å²) < 4.78 is 1.11. The van der Waals surface area contributed by atoms with E-state index in [2.05, 4.69) is 63.7 Å². The molecule has 0 atom stereocenters. The molecule has 0 radical (unpaired) electrons. The van der Waals surface area contributed by atoms with Gasteiger partial charge >= 0.3 is 0 Å². The van der Waals surface area contributed by atoms with Crippen LogP contribution in [0.2, 0.25) is 5.02 Å². The highest BCUT2D eigenvalue weighted by molar-refractivity contribution is 9.10. The molecule has 0 aromatic heterocycles. The van der Waals surface area contributed by atoms with Gasteiger partial charge in [-0.1, -0.05) is 63.9 Å². The van der Waals surface area contributed by atoms with Gasteiger partial charge in [0.2, 0.25) is 0 Å². The minimum Gasteiger partial charge on any atom is -0.380 e. The first-order valence-corrected chi connectivity index (χ1v) is 7.98. The number of nitrogens with one attached hydrogen (secondary N) is 1. The first-order chi connectivity index (χ1) is 10.1. The van der Waals surface area contributed by atoms with Gasteiger partial charge in [0.05, 0.1) is 0 Å². The van der Waals surface area contributed by atoms with Crippen LogP contribution in [0, 0.1) is 6.92 Å². The van der Waals surface area contributed by atoms with Crippen molar-refractivity contribution in [3.63, 3.8) is 0 Å². The van der Waals surface area contributed by atoms with E-state index in [4.69, 9.17) is 11.6 Å². The van der Waals surface area contributed by atoms with Gasteiger partial charge in [-0.15, -0.1) is 0 Å². The topological polar surface area (TPSA) is 12.0 Å². The second-order valence-corrected chi connectivity index (χ2v) is 6.35. The van der Waals surface area contributed by atoms with Crippen molar-refractivity contribution in [1.29, 1.82) is 0 Å². The second kappa shape index (κ2) is 6.08. The molecule has 1 N–H and O–H groups in total. The van der Waals surface area contributed by atoms with E-state index in [1.165, 1.54) is 16.3 Å². The molecule has 0 aliphatic heterocycles. The lowest BCUT2D eigenvalue weighted by Gasteiger charge is -2.12. The summed E-state index contributed by atoms with van der Waals surface area (Å²) in [5, 5.41) is 6.71. The Morgan fingerprint density at radius 3 is 2.52 bits per heavy atom. The summed E-state index contributed by atoms with van der Waals surface area (Å²) >= 11 is 9.89. The second-order valence-electron chi connectivity index (χ2n) is 5.09. The van der Waals surface area contributed by atoms with E-state index in [1.807, 2.05) is 19.1 Å². The van der Waals surface area contributed by atoms with Gasteiger partial charge in [0.15, 0.2) is 0 Å². The Kier molecular flexibility index (Phi) is 4.18. The van der Waals surface area contributed by atoms with E-state index in [0.29, 0.717) is 6.54 Å². The fraction of sp³-hybridized carbons (Fsp3) is 0.111. The maximum absolute atomic E-state index is 6.29. The van der Waals surface area contributed by atoms with Gasteiger partial charge in [0.1, 0.15) is 0 Å². The molecule has 0 heterocycles. The van der Waals surface area contributed by atoms with Crippen LogP contribution in [-0.4, -0.2) is 0 Å². The van der Waals surface area contributed by atoms with Crippen molar-refractivity contribution < 1.29 is 0 Å². The summed E-state index contributed by atoms with van der Waals surface area (Å²) in [6.07, 6.45) is 0. The van der Waals surface area contributed by atoms with Crippen molar-refractivity contribution in [3.8, 4) is 0 Å². The zero-order valence-electron chi connectivity index (χ0n) is 11.7. The molecule has 0 aliphatic rings. The fourth-order valence-corrected chi connectivity index (χ4v) is 3.18. The Morgan fingerprint density at radius 1 is 1.00 bits per heavy atom. The van der Waals surface area contributed by atoms with Crippen molar-refractivity contribution in [2.75, 3.05) is 5.32 Å². The average Bonchev–Trinajstić information content (AvgIpc) is 2.48. The molecule has 0 bridgehead atoms. The molecule has 21 heavy (non-hydrogen) atoms. The highest BCUT2D eigenvalue weighted by Gasteiger charge is 2.05. The summed E-state index contributed by atoms with van der Waals surface area (Å²) in [7, 11) is 0. The largest absolute Gasteiger partial charge is 0.380 e. The summed E-state index contributed by atoms with van der Waals surface area (Å²) in [6, 6.07) is 18.7. The van der Waals surface area contributed by atoms with Gasteiger partial charge in [-0.2, -0.15) is 0 Å². The van der Waals surface area contributed by atoms with Crippen LogP contribution in [0.25, 0.3) is 10.8 Å². The molecule has 0 saturated heterocycles. The number of hydrogen-bond donors (Lipinski definition) is 1. The van der Waals surface area contributed by atoms with Gasteiger partial charge in [0, 0.05) is 27.1 Å². The third-order valence-corrected chi connectivity index (χ3v) is 4.59. The molecule has 0 saturated carbocycles. The molecule has 0 spiro atoms. The van der Waals surface area contributed by atoms with Crippen LogP contribution in [0.5, 0.6) is 0 Å². The molecular weight excluding hydrogens is 346 g/mol. The van der Waals surface area contributed by atoms with Crippen molar-refractivity contribution in [3.05, 3.63) is 75.2 Å². The van der Waals surface area contributed by atoms with Crippen molar-refractivity contribution in [2.45, 2.75) is 13.5 Å². The van der Waals surface area contributed by atoms with E-state index in [0.717, 1.165) is 20.7 Å². The predicted octanol–water partition coefficient (Wildman–Crippen LogP) is 6.18. The predicted molar refractivity (Wildman–Crippen MR) is 95.2 cm³/mol. The fourth-order valence-electron chi connectivity index (χ4n) is 2.40. The zero-order valence-corrected chi connectivity index (χ0v) is 14.0. The molecule has 106 valence electrons. The Bertz CT molecular complexity index is 798. The van der Waals surface area contributed by atoms with E-state index in [9.17, 15) is 0 Å². The average molecular weight is 361 g/mol. The zero-order chi connectivity index (χ0) is 14.8. The quantitative estimate of drug-likeness (QED) is 0.588. The Morgan fingerprint density at radius 2 is 1.76 bits per heavy atom. The highest BCUT2D eigenvalue weighted by atomic mass is 79.9. The SMILES string of the molecule is Cc1ccc(CNc2ccc(Br)c3ccccc23)c(Cl)c1. The molecular formula is C18H15BrClN. The van der Waals surface area contributed by atoms with Gasteiger partial charge in [-0.3, -0.25) is 0 Å². The van der Waals surface area contributed by atoms with Crippen LogP contribution in [0.4, 0.5) is 5.69 Å². The van der Waals surface area contributed by atoms with Crippen LogP contribution in [0.3, 0.4) is 0 Å². The molecule has 0 amide bonds. The monoisotopic (exact) mass is 359 g/mol. The van der Waals surface area contributed by atoms with E-state index < -0.39 is 0 Å². The number of fused-ring (bicyclic) bond motifs is 1. The standard InChI is InChI=1S/C18H15BrClN/c1-12-6-7-13(17(20)10-12)11-21-18-9-8-16(19)14-4-2-3-5-15(14)18/h2-10,21H,11H2,1H3. The molecule has 0 unspecified atom stereocenters. The van der Waals surface area contributed by atoms with Gasteiger partial charge in [-0.25, -0.2) is 0 Å². The van der Waals surface area contributed by atoms with Crippen molar-refractivity contribution >= 4 is 44.0 Å². The molecule has 3 rings (SSSR count). The van der Waals surface area contributed by atoms with Crippen molar-refractivity contribution in [2.24, 2.45) is 0 Å². The van der Waals surface area contributed by atoms with E-state index in [1.54, 1.807) is 0 Å². The lowest BCUT2D eigenvalue weighted by Crippen LogP contribution is -2.01. The summed E-state index contributed by atoms with van der Waals surface area (Å²) in [4.78, 5) is 0. The van der Waals surface area contributed by atoms with Gasteiger partial charge < -0.3 is 5.32 Å². The first-order valence-electron chi connectivity index (χ1n) is 6.81. The van der Waals surface area contributed by atoms with Crippen LogP contribution >= 0.6 is 27.5 Å². The minimum absolute atomic E-state index is 0.713. The van der Waals surface area contributed by atoms with Crippen LogP contribution in [0.15, 0.2) is 59.1 Å². The summed E-state index contributed by atoms with van der Waals surface area (Å²) in [6.45, 7) is 2.76. The third-order valence-electron chi connectivity index (χ3n) is 3.55. The maximum atomic E-state index is 6.29. The molecule has 0 fully saturated rings. The van der Waals surface area contributed by atoms with E-state index >= 15 is 0 Å². The van der Waals surface area contributed by atoms with Crippen LogP contribution in [0.1, 0.15) is 11.1 Å². The normalized spacial score (nSPS) is 10.8. The van der Waals surface area contributed by atoms with Crippen LogP contribution in [-0.2, 0) is 6.54 Å². The molecule has 1 nitrogen and oxygen atoms in total. The van der Waals surface area contributed by atoms with Crippen molar-refractivity contribution in [1.82, 2.24) is 0 Å². The number of aryl methyl sites for hydroxylation is 1. The summed E-state index contributed by atoms with van der Waals surface area (Å²) in [5.41, 5.74) is 3.40. The third kappa shape index (κ3) is 3.07. The highest BCUT2D eigenvalue weighted by Crippen LogP contribution is 2.30. The number of halogens is 2. The molecule has 3 aromatic carbocycles. The maximum Gasteiger partial charge on any atom is 0.0458 e. The molecule has 3 heteroatoms. The lowest BCUT2D eigenvalue weighted by molar-refractivity contribution is 1.15. The number of benzene rings is 3. The lowest BCUT2D eigenvalue weighted by atomic mass is 10.1. The van der Waals surface area contributed by atoms with Gasteiger partial charge in [0.25, 0.3) is 0 Å². The number of hydrogen-bond acceptors (Lipinski definition) is 1. The van der Waals surface area contributed by atoms with Gasteiger partial charge in [-0.05, 0) is 41.6 Å². The van der Waals surface area contributed by atoms with Crippen LogP contribution < -0.4 is 5.32 Å².